The summed E-state index contributed by atoms with van der Waals surface area (Å²) >= 11 is 7.80. The maximum Gasteiger partial charge on any atom is 0.242 e. The standard InChI is InChI=1S/C21H25ClN2O2S/c1-15-8-4-5-10-18(15)13-27-14-20(25)24(16(2)21(26)23-3)12-17-9-6-7-11-19(17)22/h4-11,16H,12-14H2,1-3H3,(H,23,26)/t16-/m0/s1. The van der Waals surface area contributed by atoms with E-state index >= 15 is 0 Å². The highest BCUT2D eigenvalue weighted by Gasteiger charge is 2.25. The number of carbonyl (C=O) groups is 2. The lowest BCUT2D eigenvalue weighted by Gasteiger charge is -2.28. The Bertz CT molecular complexity index is 797. The Labute approximate surface area is 170 Å². The van der Waals surface area contributed by atoms with Crippen LogP contribution in [0, 0.1) is 6.92 Å². The topological polar surface area (TPSA) is 49.4 Å². The summed E-state index contributed by atoms with van der Waals surface area (Å²) in [6, 6.07) is 15.0. The summed E-state index contributed by atoms with van der Waals surface area (Å²) in [5.74, 6) is 0.788. The molecule has 0 saturated heterocycles. The van der Waals surface area contributed by atoms with Gasteiger partial charge in [0.25, 0.3) is 0 Å². The van der Waals surface area contributed by atoms with E-state index in [1.807, 2.05) is 30.3 Å². The lowest BCUT2D eigenvalue weighted by molar-refractivity contribution is -0.138. The van der Waals surface area contributed by atoms with Gasteiger partial charge in [0, 0.05) is 24.4 Å². The second-order valence-corrected chi connectivity index (χ2v) is 7.72. The zero-order valence-electron chi connectivity index (χ0n) is 15.9. The first kappa shape index (κ1) is 21.3. The van der Waals surface area contributed by atoms with Gasteiger partial charge in [-0.05, 0) is 36.6 Å². The molecule has 1 atom stereocenters. The lowest BCUT2D eigenvalue weighted by atomic mass is 10.1. The van der Waals surface area contributed by atoms with Gasteiger partial charge in [-0.3, -0.25) is 9.59 Å². The summed E-state index contributed by atoms with van der Waals surface area (Å²) in [6.45, 7) is 4.10. The molecular weight excluding hydrogens is 380 g/mol. The molecule has 2 aromatic carbocycles. The molecule has 4 nitrogen and oxygen atoms in total. The molecular formula is C21H25ClN2O2S. The van der Waals surface area contributed by atoms with Crippen LogP contribution in [0.2, 0.25) is 5.02 Å². The van der Waals surface area contributed by atoms with Gasteiger partial charge in [-0.25, -0.2) is 0 Å². The van der Waals surface area contributed by atoms with Gasteiger partial charge in [0.2, 0.25) is 11.8 Å². The van der Waals surface area contributed by atoms with Crippen LogP contribution < -0.4 is 5.32 Å². The van der Waals surface area contributed by atoms with E-state index in [0.717, 1.165) is 11.3 Å². The predicted octanol–water partition coefficient (Wildman–Crippen LogP) is 4.04. The summed E-state index contributed by atoms with van der Waals surface area (Å²) in [5, 5.41) is 3.21. The van der Waals surface area contributed by atoms with Crippen LogP contribution in [0.1, 0.15) is 23.6 Å². The Morgan fingerprint density at radius 3 is 2.37 bits per heavy atom. The van der Waals surface area contributed by atoms with Crippen LogP contribution in [0.5, 0.6) is 0 Å². The molecule has 2 aromatic rings. The Hall–Kier alpha value is -1.98. The van der Waals surface area contributed by atoms with Crippen molar-refractivity contribution in [2.45, 2.75) is 32.2 Å². The zero-order valence-corrected chi connectivity index (χ0v) is 17.4. The largest absolute Gasteiger partial charge is 0.357 e. The van der Waals surface area contributed by atoms with E-state index in [0.29, 0.717) is 17.3 Å². The van der Waals surface area contributed by atoms with Crippen molar-refractivity contribution >= 4 is 35.2 Å². The number of rotatable bonds is 8. The summed E-state index contributed by atoms with van der Waals surface area (Å²) in [7, 11) is 1.57. The molecule has 0 aliphatic carbocycles. The first-order valence-corrected chi connectivity index (χ1v) is 10.3. The summed E-state index contributed by atoms with van der Waals surface area (Å²) in [6.07, 6.45) is 0. The molecule has 0 saturated carbocycles. The minimum Gasteiger partial charge on any atom is -0.357 e. The van der Waals surface area contributed by atoms with Crippen molar-refractivity contribution in [1.29, 1.82) is 0 Å². The maximum absolute atomic E-state index is 12.9. The van der Waals surface area contributed by atoms with E-state index in [-0.39, 0.29) is 11.8 Å². The van der Waals surface area contributed by atoms with E-state index in [1.54, 1.807) is 36.7 Å². The molecule has 0 unspecified atom stereocenters. The molecule has 1 N–H and O–H groups in total. The smallest absolute Gasteiger partial charge is 0.242 e. The van der Waals surface area contributed by atoms with Crippen LogP contribution in [0.15, 0.2) is 48.5 Å². The van der Waals surface area contributed by atoms with Gasteiger partial charge in [-0.1, -0.05) is 54.1 Å². The van der Waals surface area contributed by atoms with E-state index < -0.39 is 6.04 Å². The Kier molecular flexibility index (Phi) is 8.20. The molecule has 0 aromatic heterocycles. The molecule has 0 fully saturated rings. The second-order valence-electron chi connectivity index (χ2n) is 6.32. The maximum atomic E-state index is 12.9. The molecule has 27 heavy (non-hydrogen) atoms. The van der Waals surface area contributed by atoms with Crippen LogP contribution in [0.4, 0.5) is 0 Å². The molecule has 144 valence electrons. The monoisotopic (exact) mass is 404 g/mol. The van der Waals surface area contributed by atoms with Gasteiger partial charge in [-0.2, -0.15) is 0 Å². The van der Waals surface area contributed by atoms with Crippen LogP contribution >= 0.6 is 23.4 Å². The van der Waals surface area contributed by atoms with Crippen LogP contribution in [-0.4, -0.2) is 35.6 Å². The van der Waals surface area contributed by atoms with E-state index in [1.165, 1.54) is 11.1 Å². The van der Waals surface area contributed by atoms with Crippen LogP contribution in [-0.2, 0) is 21.9 Å². The van der Waals surface area contributed by atoms with Gasteiger partial charge in [0.1, 0.15) is 6.04 Å². The first-order chi connectivity index (χ1) is 12.9. The number of nitrogens with zero attached hydrogens (tertiary/aromatic N) is 1. The Morgan fingerprint density at radius 2 is 1.74 bits per heavy atom. The summed E-state index contributed by atoms with van der Waals surface area (Å²) in [4.78, 5) is 26.6. The van der Waals surface area contributed by atoms with Gasteiger partial charge in [0.15, 0.2) is 0 Å². The fourth-order valence-corrected chi connectivity index (χ4v) is 3.89. The Balaban J connectivity index is 2.07. The van der Waals surface area contributed by atoms with E-state index in [2.05, 4.69) is 24.4 Å². The number of aryl methyl sites for hydroxylation is 1. The fraction of sp³-hybridized carbons (Fsp3) is 0.333. The number of carbonyl (C=O) groups excluding carboxylic acids is 2. The number of hydrogen-bond donors (Lipinski definition) is 1. The zero-order chi connectivity index (χ0) is 19.8. The third kappa shape index (κ3) is 6.01. The highest BCUT2D eigenvalue weighted by Crippen LogP contribution is 2.21. The quantitative estimate of drug-likeness (QED) is 0.722. The minimum atomic E-state index is -0.571. The fourth-order valence-electron chi connectivity index (χ4n) is 2.70. The molecule has 0 spiro atoms. The molecule has 0 aliphatic rings. The molecule has 2 rings (SSSR count). The molecule has 6 heteroatoms. The molecule has 0 heterocycles. The van der Waals surface area contributed by atoms with Crippen molar-refractivity contribution in [3.63, 3.8) is 0 Å². The summed E-state index contributed by atoms with van der Waals surface area (Å²) in [5.41, 5.74) is 3.25. The molecule has 0 radical (unpaired) electrons. The van der Waals surface area contributed by atoms with Crippen LogP contribution in [0.3, 0.4) is 0 Å². The van der Waals surface area contributed by atoms with Gasteiger partial charge in [-0.15, -0.1) is 11.8 Å². The van der Waals surface area contributed by atoms with Crippen molar-refractivity contribution in [2.75, 3.05) is 12.8 Å². The number of halogens is 1. The first-order valence-electron chi connectivity index (χ1n) is 8.80. The number of nitrogens with one attached hydrogen (secondary N) is 1. The average Bonchev–Trinajstić information content (AvgIpc) is 2.67. The van der Waals surface area contributed by atoms with E-state index in [4.69, 9.17) is 11.6 Å². The number of thioether (sulfide) groups is 1. The predicted molar refractivity (Wildman–Crippen MR) is 113 cm³/mol. The number of amides is 2. The van der Waals surface area contributed by atoms with Gasteiger partial charge >= 0.3 is 0 Å². The van der Waals surface area contributed by atoms with E-state index in [9.17, 15) is 9.59 Å². The van der Waals surface area contributed by atoms with Crippen molar-refractivity contribution in [3.8, 4) is 0 Å². The SMILES string of the molecule is CNC(=O)[C@H](C)N(Cc1ccccc1Cl)C(=O)CSCc1ccccc1C. The highest BCUT2D eigenvalue weighted by atomic mass is 35.5. The van der Waals surface area contributed by atoms with Gasteiger partial charge < -0.3 is 10.2 Å². The lowest BCUT2D eigenvalue weighted by Crippen LogP contribution is -2.47. The van der Waals surface area contributed by atoms with Gasteiger partial charge in [0.05, 0.1) is 5.75 Å². The molecule has 0 bridgehead atoms. The average molecular weight is 405 g/mol. The minimum absolute atomic E-state index is 0.0791. The van der Waals surface area contributed by atoms with Crippen LogP contribution in [0.25, 0.3) is 0 Å². The number of benzene rings is 2. The normalized spacial score (nSPS) is 11.7. The third-order valence-corrected chi connectivity index (χ3v) is 5.79. The second kappa shape index (κ2) is 10.4. The van der Waals surface area contributed by atoms with Crippen molar-refractivity contribution in [1.82, 2.24) is 10.2 Å². The van der Waals surface area contributed by atoms with Crippen molar-refractivity contribution in [3.05, 3.63) is 70.2 Å². The third-order valence-electron chi connectivity index (χ3n) is 4.46. The van der Waals surface area contributed by atoms with Crippen molar-refractivity contribution in [2.24, 2.45) is 0 Å². The Morgan fingerprint density at radius 1 is 1.11 bits per heavy atom. The molecule has 2 amide bonds. The number of likely N-dealkylation sites (N-methyl/N-ethyl adjacent to an activating group) is 1. The highest BCUT2D eigenvalue weighted by molar-refractivity contribution is 7.99. The van der Waals surface area contributed by atoms with Crippen molar-refractivity contribution < 1.29 is 9.59 Å². The number of hydrogen-bond acceptors (Lipinski definition) is 3. The molecule has 0 aliphatic heterocycles. The summed E-state index contributed by atoms with van der Waals surface area (Å²) < 4.78 is 0.